The molecule has 0 spiro atoms. The molecule has 0 aromatic heterocycles. The van der Waals surface area contributed by atoms with E-state index < -0.39 is 8.32 Å². The molecule has 0 aromatic carbocycles. The highest BCUT2D eigenvalue weighted by Crippen LogP contribution is 2.54. The van der Waals surface area contributed by atoms with Crippen LogP contribution in [0.3, 0.4) is 0 Å². The van der Waals surface area contributed by atoms with Gasteiger partial charge in [-0.2, -0.15) is 0 Å². The van der Waals surface area contributed by atoms with Crippen molar-refractivity contribution < 1.29 is 28.5 Å². The fraction of sp³-hybridized carbons (Fsp3) is 0.857. The summed E-state index contributed by atoms with van der Waals surface area (Å²) in [5.74, 6) is 2.41. The van der Waals surface area contributed by atoms with Gasteiger partial charge in [0.1, 0.15) is 0 Å². The van der Waals surface area contributed by atoms with Crippen LogP contribution in [0.25, 0.3) is 0 Å². The van der Waals surface area contributed by atoms with E-state index in [0.717, 1.165) is 96.9 Å². The molecule has 49 heavy (non-hydrogen) atoms. The Balaban J connectivity index is 1.60. The molecule has 2 heterocycles. The van der Waals surface area contributed by atoms with Gasteiger partial charge in [0, 0.05) is 32.3 Å². The average molecular weight is 703 g/mol. The number of ether oxygens (including phenoxy) is 4. The van der Waals surface area contributed by atoms with E-state index in [2.05, 4.69) is 78.9 Å². The molecule has 0 bridgehead atoms. The minimum Gasteiger partial charge on any atom is -0.416 e. The van der Waals surface area contributed by atoms with Crippen molar-refractivity contribution in [1.82, 2.24) is 0 Å². The number of allylic oxidation sites excluding steroid dienone is 4. The van der Waals surface area contributed by atoms with Gasteiger partial charge in [0.15, 0.2) is 20.9 Å². The van der Waals surface area contributed by atoms with Crippen molar-refractivity contribution in [2.75, 3.05) is 26.4 Å². The molecule has 0 radical (unpaired) electrons. The summed E-state index contributed by atoms with van der Waals surface area (Å²) >= 11 is 0. The summed E-state index contributed by atoms with van der Waals surface area (Å²) < 4.78 is 32.9. The molecular formula is C42H74O6Si. The monoisotopic (exact) mass is 703 g/mol. The Bertz CT molecular complexity index is 1050. The Morgan fingerprint density at radius 3 is 2.35 bits per heavy atom. The smallest absolute Gasteiger partial charge is 0.192 e. The molecule has 9 atom stereocenters. The highest BCUT2D eigenvalue weighted by molar-refractivity contribution is 6.74. The van der Waals surface area contributed by atoms with E-state index in [1.807, 2.05) is 0 Å². The normalized spacial score (nSPS) is 29.9. The molecule has 282 valence electrons. The van der Waals surface area contributed by atoms with E-state index in [9.17, 15) is 5.11 Å². The molecule has 1 N–H and O–H groups in total. The summed E-state index contributed by atoms with van der Waals surface area (Å²) in [6.07, 6.45) is 24.6. The van der Waals surface area contributed by atoms with Crippen LogP contribution in [0.5, 0.6) is 0 Å². The second-order valence-corrected chi connectivity index (χ2v) is 22.2. The molecule has 1 saturated carbocycles. The Hall–Kier alpha value is -0.803. The summed E-state index contributed by atoms with van der Waals surface area (Å²) in [6.45, 7) is 21.0. The maximum Gasteiger partial charge on any atom is 0.192 e. The first-order valence-electron chi connectivity index (χ1n) is 20.2. The third-order valence-corrected chi connectivity index (χ3v) is 16.8. The van der Waals surface area contributed by atoms with Crippen molar-refractivity contribution in [2.45, 2.75) is 174 Å². The highest BCUT2D eigenvalue weighted by Gasteiger charge is 2.50. The minimum atomic E-state index is -1.88. The first kappa shape index (κ1) is 41.0. The summed E-state index contributed by atoms with van der Waals surface area (Å²) in [5, 5.41) is 9.82. The quantitative estimate of drug-likeness (QED) is 0.0821. The largest absolute Gasteiger partial charge is 0.416 e. The van der Waals surface area contributed by atoms with Crippen LogP contribution in [-0.4, -0.2) is 64.6 Å². The van der Waals surface area contributed by atoms with Gasteiger partial charge in [-0.3, -0.25) is 0 Å². The van der Waals surface area contributed by atoms with Crippen molar-refractivity contribution in [3.8, 4) is 0 Å². The van der Waals surface area contributed by atoms with Crippen molar-refractivity contribution in [3.05, 3.63) is 35.5 Å². The van der Waals surface area contributed by atoms with Crippen molar-refractivity contribution in [3.63, 3.8) is 0 Å². The first-order chi connectivity index (χ1) is 23.4. The van der Waals surface area contributed by atoms with Gasteiger partial charge in [-0.05, 0) is 146 Å². The van der Waals surface area contributed by atoms with Gasteiger partial charge >= 0.3 is 0 Å². The Morgan fingerprint density at radius 2 is 1.73 bits per heavy atom. The second-order valence-electron chi connectivity index (χ2n) is 17.4. The number of unbranched alkanes of at least 4 members (excludes halogenated alkanes) is 1. The van der Waals surface area contributed by atoms with E-state index in [0.29, 0.717) is 29.6 Å². The average Bonchev–Trinajstić information content (AvgIpc) is 3.60. The highest BCUT2D eigenvalue weighted by atomic mass is 28.4. The van der Waals surface area contributed by atoms with Crippen LogP contribution in [0.4, 0.5) is 0 Å². The van der Waals surface area contributed by atoms with Gasteiger partial charge < -0.3 is 28.5 Å². The van der Waals surface area contributed by atoms with E-state index >= 15 is 0 Å². The lowest BCUT2D eigenvalue weighted by molar-refractivity contribution is -0.203. The van der Waals surface area contributed by atoms with E-state index in [1.165, 1.54) is 18.4 Å². The van der Waals surface area contributed by atoms with E-state index in [4.69, 9.17) is 23.4 Å². The summed E-state index contributed by atoms with van der Waals surface area (Å²) in [4.78, 5) is 0. The predicted molar refractivity (Wildman–Crippen MR) is 204 cm³/mol. The standard InChI is InChI=1S/C42H74O6Si/c1-9-17-36(47-39-21-11-14-24-44-39)27-32(20-16-18-31(2)3)41-37-28-34(26-35(37)29-38(41)48-40-22-12-15-25-45-40)33(19-10-13-23-43)30-46-49(7,8)42(4,5)6/h9,17-18,26,32-33,35-41,43H,10-16,19-25,27-30H2,1-8H3. The Kier molecular flexibility index (Phi) is 16.6. The van der Waals surface area contributed by atoms with Gasteiger partial charge in [-0.1, -0.05) is 62.6 Å². The van der Waals surface area contributed by atoms with Crippen LogP contribution in [0.1, 0.15) is 131 Å². The molecule has 2 aliphatic heterocycles. The van der Waals surface area contributed by atoms with Gasteiger partial charge in [-0.25, -0.2) is 0 Å². The van der Waals surface area contributed by atoms with Gasteiger partial charge in [0.2, 0.25) is 0 Å². The molecule has 4 aliphatic rings. The van der Waals surface area contributed by atoms with Crippen LogP contribution >= 0.6 is 0 Å². The lowest BCUT2D eigenvalue weighted by atomic mass is 9.74. The number of fused-ring (bicyclic) bond motifs is 1. The van der Waals surface area contributed by atoms with Gasteiger partial charge in [0.05, 0.1) is 12.2 Å². The topological polar surface area (TPSA) is 66.4 Å². The molecule has 2 saturated heterocycles. The maximum atomic E-state index is 9.63. The minimum absolute atomic E-state index is 0.0356. The second kappa shape index (κ2) is 19.9. The van der Waals surface area contributed by atoms with Gasteiger partial charge in [0.25, 0.3) is 0 Å². The van der Waals surface area contributed by atoms with Crippen LogP contribution in [0.2, 0.25) is 18.1 Å². The van der Waals surface area contributed by atoms with Crippen molar-refractivity contribution >= 4 is 8.32 Å². The summed E-state index contributed by atoms with van der Waals surface area (Å²) in [5.41, 5.74) is 2.99. The molecule has 0 amide bonds. The molecule has 9 unspecified atom stereocenters. The molecule has 3 fully saturated rings. The summed E-state index contributed by atoms with van der Waals surface area (Å²) in [7, 11) is -1.88. The number of rotatable bonds is 19. The first-order valence-corrected chi connectivity index (χ1v) is 23.1. The zero-order valence-electron chi connectivity index (χ0n) is 32.7. The zero-order valence-corrected chi connectivity index (χ0v) is 33.7. The van der Waals surface area contributed by atoms with Crippen LogP contribution in [0, 0.1) is 29.6 Å². The van der Waals surface area contributed by atoms with Gasteiger partial charge in [-0.15, -0.1) is 0 Å². The van der Waals surface area contributed by atoms with Crippen LogP contribution < -0.4 is 0 Å². The molecule has 7 heteroatoms. The number of aliphatic hydroxyl groups is 1. The SMILES string of the molecule is CC=CC(CC(CCC=C(C)C)C1C(OC2CCCCO2)CC2C=C(C(CCCCO)CO[Si](C)(C)C(C)(C)C)CC21)OC1CCCCO1. The van der Waals surface area contributed by atoms with Crippen LogP contribution in [-0.2, 0) is 23.4 Å². The van der Waals surface area contributed by atoms with Crippen molar-refractivity contribution in [2.24, 2.45) is 29.6 Å². The maximum absolute atomic E-state index is 9.63. The molecular weight excluding hydrogens is 629 g/mol. The Morgan fingerprint density at radius 1 is 1.02 bits per heavy atom. The third-order valence-electron chi connectivity index (χ3n) is 12.3. The lowest BCUT2D eigenvalue weighted by Crippen LogP contribution is -2.42. The number of aliphatic hydroxyl groups excluding tert-OH is 1. The van der Waals surface area contributed by atoms with E-state index in [-0.39, 0.29) is 36.4 Å². The number of hydrogen-bond donors (Lipinski definition) is 1. The molecule has 6 nitrogen and oxygen atoms in total. The Labute approximate surface area is 301 Å². The van der Waals surface area contributed by atoms with Crippen molar-refractivity contribution in [1.29, 1.82) is 0 Å². The molecule has 2 aliphatic carbocycles. The molecule has 4 rings (SSSR count). The van der Waals surface area contributed by atoms with Crippen LogP contribution in [0.15, 0.2) is 35.5 Å². The third kappa shape index (κ3) is 12.4. The summed E-state index contributed by atoms with van der Waals surface area (Å²) in [6, 6.07) is 0. The fourth-order valence-electron chi connectivity index (χ4n) is 8.53. The van der Waals surface area contributed by atoms with E-state index in [1.54, 1.807) is 5.57 Å². The lowest BCUT2D eigenvalue weighted by Gasteiger charge is -2.38. The zero-order chi connectivity index (χ0) is 35.4. The fourth-order valence-corrected chi connectivity index (χ4v) is 9.59. The predicted octanol–water partition coefficient (Wildman–Crippen LogP) is 10.5. The number of hydrogen-bond acceptors (Lipinski definition) is 6. The molecule has 0 aromatic rings.